The quantitative estimate of drug-likeness (QED) is 0.702. The highest BCUT2D eigenvalue weighted by molar-refractivity contribution is 5.91. The van der Waals surface area contributed by atoms with Gasteiger partial charge in [-0.2, -0.15) is 5.26 Å². The van der Waals surface area contributed by atoms with Gasteiger partial charge in [-0.05, 0) is 42.7 Å². The Hall–Kier alpha value is -3.07. The molecule has 0 aliphatic heterocycles. The minimum Gasteiger partial charge on any atom is -0.459 e. The molecule has 0 fully saturated rings. The molecule has 0 saturated heterocycles. The van der Waals surface area contributed by atoms with Crippen LogP contribution in [0, 0.1) is 11.3 Å². The summed E-state index contributed by atoms with van der Waals surface area (Å²) in [6, 6.07) is 12.6. The number of nitriles is 1. The van der Waals surface area contributed by atoms with Gasteiger partial charge in [0.2, 0.25) is 5.91 Å². The van der Waals surface area contributed by atoms with E-state index < -0.39 is 0 Å². The molecule has 6 heteroatoms. The Labute approximate surface area is 153 Å². The van der Waals surface area contributed by atoms with E-state index in [1.807, 2.05) is 24.0 Å². The molecule has 26 heavy (non-hydrogen) atoms. The summed E-state index contributed by atoms with van der Waals surface area (Å²) in [7, 11) is 0. The lowest BCUT2D eigenvalue weighted by Gasteiger charge is -2.22. The predicted molar refractivity (Wildman–Crippen MR) is 97.1 cm³/mol. The maximum atomic E-state index is 12.5. The second-order valence-corrected chi connectivity index (χ2v) is 5.96. The molecule has 0 saturated carbocycles. The van der Waals surface area contributed by atoms with Crippen molar-refractivity contribution in [2.75, 3.05) is 13.1 Å². The average molecular weight is 353 g/mol. The van der Waals surface area contributed by atoms with E-state index in [0.29, 0.717) is 38.0 Å². The Kier molecular flexibility index (Phi) is 7.44. The molecule has 2 amide bonds. The number of benzene rings is 1. The summed E-state index contributed by atoms with van der Waals surface area (Å²) in [6.07, 6.45) is 3.26. The lowest BCUT2D eigenvalue weighted by atomic mass is 10.1. The number of rotatable bonds is 9. The Morgan fingerprint density at radius 2 is 2.00 bits per heavy atom. The summed E-state index contributed by atoms with van der Waals surface area (Å²) < 4.78 is 5.02. The minimum atomic E-state index is -0.273. The third-order valence-electron chi connectivity index (χ3n) is 3.90. The zero-order chi connectivity index (χ0) is 18.8. The zero-order valence-electron chi connectivity index (χ0n) is 14.9. The third-order valence-corrected chi connectivity index (χ3v) is 3.90. The maximum absolute atomic E-state index is 12.5. The van der Waals surface area contributed by atoms with Crippen molar-refractivity contribution in [3.05, 3.63) is 59.5 Å². The van der Waals surface area contributed by atoms with E-state index in [2.05, 4.69) is 11.4 Å². The highest BCUT2D eigenvalue weighted by Crippen LogP contribution is 2.10. The van der Waals surface area contributed by atoms with Crippen LogP contribution in [0.2, 0.25) is 0 Å². The van der Waals surface area contributed by atoms with Crippen molar-refractivity contribution in [2.45, 2.75) is 32.7 Å². The van der Waals surface area contributed by atoms with Crippen LogP contribution in [0.5, 0.6) is 0 Å². The van der Waals surface area contributed by atoms with Crippen LogP contribution in [-0.2, 0) is 11.3 Å². The van der Waals surface area contributed by atoms with Crippen LogP contribution < -0.4 is 5.32 Å². The molecular weight excluding hydrogens is 330 g/mol. The normalized spacial score (nSPS) is 10.2. The fourth-order valence-corrected chi connectivity index (χ4v) is 2.56. The van der Waals surface area contributed by atoms with Gasteiger partial charge >= 0.3 is 0 Å². The van der Waals surface area contributed by atoms with Crippen LogP contribution in [0.1, 0.15) is 47.9 Å². The van der Waals surface area contributed by atoms with Gasteiger partial charge in [0.1, 0.15) is 0 Å². The van der Waals surface area contributed by atoms with Crippen LogP contribution in [0.25, 0.3) is 0 Å². The number of carbonyl (C=O) groups excluding carboxylic acids is 2. The van der Waals surface area contributed by atoms with Gasteiger partial charge in [-0.15, -0.1) is 0 Å². The van der Waals surface area contributed by atoms with E-state index in [4.69, 9.17) is 9.68 Å². The number of nitrogens with zero attached hydrogens (tertiary/aromatic N) is 2. The molecule has 1 aromatic heterocycles. The second kappa shape index (κ2) is 10.0. The number of furan rings is 1. The number of hydrogen-bond acceptors (Lipinski definition) is 4. The molecule has 0 bridgehead atoms. The van der Waals surface area contributed by atoms with Crippen molar-refractivity contribution in [1.82, 2.24) is 10.2 Å². The molecular formula is C20H23N3O3. The first-order valence-electron chi connectivity index (χ1n) is 8.72. The average Bonchev–Trinajstić information content (AvgIpc) is 3.20. The first-order valence-corrected chi connectivity index (χ1v) is 8.72. The fraction of sp³-hybridized carbons (Fsp3) is 0.350. The van der Waals surface area contributed by atoms with Gasteiger partial charge in [0, 0.05) is 26.1 Å². The number of hydrogen-bond donors (Lipinski definition) is 1. The van der Waals surface area contributed by atoms with Crippen LogP contribution >= 0.6 is 0 Å². The number of nitrogens with one attached hydrogen (secondary N) is 1. The summed E-state index contributed by atoms with van der Waals surface area (Å²) in [4.78, 5) is 26.0. The predicted octanol–water partition coefficient (Wildman–Crippen LogP) is 3.10. The van der Waals surface area contributed by atoms with Crippen molar-refractivity contribution < 1.29 is 14.0 Å². The molecule has 1 heterocycles. The SMILES string of the molecule is CCCN(Cc1ccc(C#N)cc1)C(=O)CCCNC(=O)c1ccco1. The largest absolute Gasteiger partial charge is 0.459 e. The van der Waals surface area contributed by atoms with E-state index in [0.717, 1.165) is 12.0 Å². The molecule has 0 atom stereocenters. The molecule has 0 aliphatic carbocycles. The van der Waals surface area contributed by atoms with Crippen molar-refractivity contribution >= 4 is 11.8 Å². The van der Waals surface area contributed by atoms with Gasteiger partial charge in [0.25, 0.3) is 5.91 Å². The van der Waals surface area contributed by atoms with E-state index in [-0.39, 0.29) is 17.6 Å². The van der Waals surface area contributed by atoms with Crippen molar-refractivity contribution in [2.24, 2.45) is 0 Å². The zero-order valence-corrected chi connectivity index (χ0v) is 14.9. The van der Waals surface area contributed by atoms with Gasteiger partial charge in [0.15, 0.2) is 5.76 Å². The van der Waals surface area contributed by atoms with E-state index in [1.165, 1.54) is 6.26 Å². The first-order chi connectivity index (χ1) is 12.6. The molecule has 0 aliphatic rings. The second-order valence-electron chi connectivity index (χ2n) is 5.96. The summed E-state index contributed by atoms with van der Waals surface area (Å²) in [5.41, 5.74) is 1.60. The van der Waals surface area contributed by atoms with Gasteiger partial charge in [0.05, 0.1) is 17.9 Å². The number of amides is 2. The summed E-state index contributed by atoms with van der Waals surface area (Å²) in [5.74, 6) is 0.0543. The summed E-state index contributed by atoms with van der Waals surface area (Å²) in [6.45, 7) is 3.65. The molecule has 1 aromatic carbocycles. The van der Waals surface area contributed by atoms with Crippen LogP contribution in [0.15, 0.2) is 47.1 Å². The van der Waals surface area contributed by atoms with Crippen LogP contribution in [-0.4, -0.2) is 29.8 Å². The molecule has 2 aromatic rings. The van der Waals surface area contributed by atoms with Gasteiger partial charge in [-0.25, -0.2) is 0 Å². The molecule has 136 valence electrons. The molecule has 0 radical (unpaired) electrons. The summed E-state index contributed by atoms with van der Waals surface area (Å²) >= 11 is 0. The van der Waals surface area contributed by atoms with Crippen molar-refractivity contribution in [3.8, 4) is 6.07 Å². The molecule has 0 unspecified atom stereocenters. The van der Waals surface area contributed by atoms with Crippen LogP contribution in [0.3, 0.4) is 0 Å². The van der Waals surface area contributed by atoms with E-state index in [9.17, 15) is 9.59 Å². The Balaban J connectivity index is 1.79. The molecule has 2 rings (SSSR count). The molecule has 1 N–H and O–H groups in total. The topological polar surface area (TPSA) is 86.3 Å². The van der Waals surface area contributed by atoms with Crippen molar-refractivity contribution in [3.63, 3.8) is 0 Å². The lowest BCUT2D eigenvalue weighted by Crippen LogP contribution is -2.32. The van der Waals surface area contributed by atoms with E-state index >= 15 is 0 Å². The standard InChI is InChI=1S/C20H23N3O3/c1-2-12-23(15-17-9-7-16(14-21)8-10-17)19(24)6-3-11-22-20(25)18-5-4-13-26-18/h4-5,7-10,13H,2-3,6,11-12,15H2,1H3,(H,22,25). The van der Waals surface area contributed by atoms with E-state index in [1.54, 1.807) is 24.3 Å². The Bertz CT molecular complexity index is 746. The highest BCUT2D eigenvalue weighted by Gasteiger charge is 2.14. The number of carbonyl (C=O) groups is 2. The lowest BCUT2D eigenvalue weighted by molar-refractivity contribution is -0.131. The minimum absolute atomic E-state index is 0.0588. The molecule has 6 nitrogen and oxygen atoms in total. The monoisotopic (exact) mass is 353 g/mol. The fourth-order valence-electron chi connectivity index (χ4n) is 2.56. The van der Waals surface area contributed by atoms with Crippen molar-refractivity contribution in [1.29, 1.82) is 5.26 Å². The summed E-state index contributed by atoms with van der Waals surface area (Å²) in [5, 5.41) is 11.6. The van der Waals surface area contributed by atoms with Crippen LogP contribution in [0.4, 0.5) is 0 Å². The molecule has 0 spiro atoms. The highest BCUT2D eigenvalue weighted by atomic mass is 16.3. The van der Waals surface area contributed by atoms with Gasteiger partial charge in [-0.3, -0.25) is 9.59 Å². The van der Waals surface area contributed by atoms with Gasteiger partial charge in [-0.1, -0.05) is 19.1 Å². The maximum Gasteiger partial charge on any atom is 0.286 e. The van der Waals surface area contributed by atoms with Gasteiger partial charge < -0.3 is 14.6 Å². The smallest absolute Gasteiger partial charge is 0.286 e. The Morgan fingerprint density at radius 1 is 1.23 bits per heavy atom. The third kappa shape index (κ3) is 5.78. The Morgan fingerprint density at radius 3 is 2.62 bits per heavy atom. The first kappa shape index (κ1) is 19.3.